The van der Waals surface area contributed by atoms with Crippen molar-refractivity contribution in [3.8, 4) is 0 Å². The molecule has 0 aromatic carbocycles. The van der Waals surface area contributed by atoms with Crippen molar-refractivity contribution in [1.82, 2.24) is 5.32 Å². The third-order valence-electron chi connectivity index (χ3n) is 3.43. The van der Waals surface area contributed by atoms with Crippen molar-refractivity contribution in [2.75, 3.05) is 6.61 Å². The van der Waals surface area contributed by atoms with E-state index in [9.17, 15) is 0 Å². The highest BCUT2D eigenvalue weighted by Crippen LogP contribution is 2.21. The lowest BCUT2D eigenvalue weighted by molar-refractivity contribution is 0.109. The van der Waals surface area contributed by atoms with Gasteiger partial charge in [-0.15, -0.1) is 0 Å². The lowest BCUT2D eigenvalue weighted by Gasteiger charge is -2.27. The van der Waals surface area contributed by atoms with E-state index >= 15 is 0 Å². The van der Waals surface area contributed by atoms with E-state index in [1.54, 1.807) is 0 Å². The third-order valence-corrected chi connectivity index (χ3v) is 3.43. The first-order chi connectivity index (χ1) is 6.36. The molecule has 1 aliphatic carbocycles. The topological polar surface area (TPSA) is 21.3 Å². The Morgan fingerprint density at radius 2 is 1.85 bits per heavy atom. The number of nitrogens with one attached hydrogen (secondary N) is 1. The molecule has 2 atom stereocenters. The van der Waals surface area contributed by atoms with Gasteiger partial charge in [-0.25, -0.2) is 0 Å². The number of ether oxygens (including phenoxy) is 1. The Labute approximate surface area is 81.0 Å². The average molecular weight is 183 g/mol. The molecule has 2 nitrogen and oxygen atoms in total. The van der Waals surface area contributed by atoms with Gasteiger partial charge < -0.3 is 10.1 Å². The van der Waals surface area contributed by atoms with Gasteiger partial charge in [0.2, 0.25) is 0 Å². The zero-order valence-corrected chi connectivity index (χ0v) is 8.59. The molecule has 2 fully saturated rings. The highest BCUT2D eigenvalue weighted by atomic mass is 16.5. The van der Waals surface area contributed by atoms with E-state index in [0.29, 0.717) is 12.1 Å². The predicted octanol–water partition coefficient (Wildman–Crippen LogP) is 2.09. The van der Waals surface area contributed by atoms with Crippen LogP contribution in [0.25, 0.3) is 0 Å². The van der Waals surface area contributed by atoms with Gasteiger partial charge in [-0.2, -0.15) is 0 Å². The fourth-order valence-electron chi connectivity index (χ4n) is 2.52. The maximum Gasteiger partial charge on any atom is 0.0700 e. The average Bonchev–Trinajstić information content (AvgIpc) is 2.54. The van der Waals surface area contributed by atoms with Crippen molar-refractivity contribution in [2.24, 2.45) is 0 Å². The van der Waals surface area contributed by atoms with Gasteiger partial charge in [-0.1, -0.05) is 19.3 Å². The molecule has 1 aliphatic heterocycles. The van der Waals surface area contributed by atoms with Crippen LogP contribution in [0.2, 0.25) is 0 Å². The lowest BCUT2D eigenvalue weighted by atomic mass is 9.94. The summed E-state index contributed by atoms with van der Waals surface area (Å²) in [6.07, 6.45) is 8.67. The molecule has 1 saturated heterocycles. The van der Waals surface area contributed by atoms with Crippen LogP contribution in [0, 0.1) is 0 Å². The summed E-state index contributed by atoms with van der Waals surface area (Å²) in [7, 11) is 0. The molecule has 1 saturated carbocycles. The molecule has 2 heteroatoms. The van der Waals surface area contributed by atoms with E-state index in [4.69, 9.17) is 4.74 Å². The van der Waals surface area contributed by atoms with Crippen LogP contribution in [-0.2, 0) is 4.74 Å². The van der Waals surface area contributed by atoms with Crippen molar-refractivity contribution >= 4 is 0 Å². The normalized spacial score (nSPS) is 36.7. The van der Waals surface area contributed by atoms with Gasteiger partial charge in [-0.05, 0) is 26.2 Å². The molecule has 1 N–H and O–H groups in total. The summed E-state index contributed by atoms with van der Waals surface area (Å²) in [6.45, 7) is 3.14. The van der Waals surface area contributed by atoms with Crippen molar-refractivity contribution in [3.05, 3.63) is 0 Å². The van der Waals surface area contributed by atoms with Crippen LogP contribution < -0.4 is 5.32 Å². The summed E-state index contributed by atoms with van der Waals surface area (Å²) in [4.78, 5) is 0. The Kier molecular flexibility index (Phi) is 3.23. The molecule has 0 unspecified atom stereocenters. The molecule has 1 heterocycles. The maximum atomic E-state index is 5.54. The minimum absolute atomic E-state index is 0.432. The summed E-state index contributed by atoms with van der Waals surface area (Å²) in [5, 5.41) is 3.74. The molecule has 0 aromatic rings. The summed E-state index contributed by atoms with van der Waals surface area (Å²) < 4.78 is 5.54. The summed E-state index contributed by atoms with van der Waals surface area (Å²) >= 11 is 0. The van der Waals surface area contributed by atoms with E-state index in [0.717, 1.165) is 12.6 Å². The number of rotatable bonds is 2. The Balaban J connectivity index is 1.75. The molecule has 0 bridgehead atoms. The maximum absolute atomic E-state index is 5.54. The molecule has 0 spiro atoms. The quantitative estimate of drug-likeness (QED) is 0.707. The fourth-order valence-corrected chi connectivity index (χ4v) is 2.52. The monoisotopic (exact) mass is 183 g/mol. The Morgan fingerprint density at radius 1 is 1.08 bits per heavy atom. The van der Waals surface area contributed by atoms with Crippen LogP contribution in [0.15, 0.2) is 0 Å². The van der Waals surface area contributed by atoms with Gasteiger partial charge in [-0.3, -0.25) is 0 Å². The first kappa shape index (κ1) is 9.47. The van der Waals surface area contributed by atoms with E-state index in [1.165, 1.54) is 38.5 Å². The summed E-state index contributed by atoms with van der Waals surface area (Å²) in [6, 6.07) is 1.41. The van der Waals surface area contributed by atoms with Crippen LogP contribution in [0.4, 0.5) is 0 Å². The molecule has 76 valence electrons. The second kappa shape index (κ2) is 4.43. The van der Waals surface area contributed by atoms with Crippen molar-refractivity contribution < 1.29 is 4.74 Å². The third kappa shape index (κ3) is 2.44. The highest BCUT2D eigenvalue weighted by molar-refractivity contribution is 4.84. The largest absolute Gasteiger partial charge is 0.377 e. The van der Waals surface area contributed by atoms with Gasteiger partial charge in [0.1, 0.15) is 0 Å². The van der Waals surface area contributed by atoms with E-state index in [2.05, 4.69) is 12.2 Å². The van der Waals surface area contributed by atoms with Crippen molar-refractivity contribution in [1.29, 1.82) is 0 Å². The van der Waals surface area contributed by atoms with E-state index in [1.807, 2.05) is 0 Å². The van der Waals surface area contributed by atoms with Crippen LogP contribution in [-0.4, -0.2) is 24.8 Å². The smallest absolute Gasteiger partial charge is 0.0700 e. The molecule has 13 heavy (non-hydrogen) atoms. The first-order valence-corrected chi connectivity index (χ1v) is 5.74. The summed E-state index contributed by atoms with van der Waals surface area (Å²) in [5.74, 6) is 0. The van der Waals surface area contributed by atoms with Crippen LogP contribution >= 0.6 is 0 Å². The minimum atomic E-state index is 0.432. The first-order valence-electron chi connectivity index (χ1n) is 5.74. The van der Waals surface area contributed by atoms with Gasteiger partial charge in [0, 0.05) is 18.7 Å². The zero-order chi connectivity index (χ0) is 9.10. The molecular weight excluding hydrogens is 162 g/mol. The van der Waals surface area contributed by atoms with E-state index < -0.39 is 0 Å². The van der Waals surface area contributed by atoms with E-state index in [-0.39, 0.29) is 0 Å². The molecule has 0 aromatic heterocycles. The number of hydrogen-bond donors (Lipinski definition) is 1. The molecular formula is C11H21NO. The lowest BCUT2D eigenvalue weighted by Crippen LogP contribution is -2.42. The Hall–Kier alpha value is -0.0800. The van der Waals surface area contributed by atoms with Crippen LogP contribution in [0.1, 0.15) is 45.4 Å². The minimum Gasteiger partial charge on any atom is -0.377 e. The molecule has 0 amide bonds. The van der Waals surface area contributed by atoms with Gasteiger partial charge in [0.15, 0.2) is 0 Å². The van der Waals surface area contributed by atoms with Gasteiger partial charge in [0.25, 0.3) is 0 Å². The van der Waals surface area contributed by atoms with Crippen molar-refractivity contribution in [3.63, 3.8) is 0 Å². The SMILES string of the molecule is C[C@@H]1OCC[C@@H]1NC1CCCCC1. The predicted molar refractivity (Wildman–Crippen MR) is 53.8 cm³/mol. The standard InChI is InChI=1S/C11H21NO/c1-9-11(7-8-13-9)12-10-5-3-2-4-6-10/h9-12H,2-8H2,1H3/t9-,11-/m0/s1. The molecule has 0 radical (unpaired) electrons. The Bertz CT molecular complexity index is 154. The molecule has 2 aliphatic rings. The van der Waals surface area contributed by atoms with Gasteiger partial charge >= 0.3 is 0 Å². The highest BCUT2D eigenvalue weighted by Gasteiger charge is 2.26. The van der Waals surface area contributed by atoms with Gasteiger partial charge in [0.05, 0.1) is 6.10 Å². The van der Waals surface area contributed by atoms with Crippen molar-refractivity contribution in [2.45, 2.75) is 63.6 Å². The second-order valence-corrected chi connectivity index (χ2v) is 4.47. The Morgan fingerprint density at radius 3 is 2.46 bits per heavy atom. The molecule has 2 rings (SSSR count). The zero-order valence-electron chi connectivity index (χ0n) is 8.59. The summed E-state index contributed by atoms with van der Waals surface area (Å²) in [5.41, 5.74) is 0. The second-order valence-electron chi connectivity index (χ2n) is 4.47. The van der Waals surface area contributed by atoms with Crippen LogP contribution in [0.5, 0.6) is 0 Å². The number of hydrogen-bond acceptors (Lipinski definition) is 2. The van der Waals surface area contributed by atoms with Crippen LogP contribution in [0.3, 0.4) is 0 Å². The fraction of sp³-hybridized carbons (Fsp3) is 1.00.